The molecule has 3 heteroatoms. The topological polar surface area (TPSA) is 15.6 Å². The van der Waals surface area contributed by atoms with E-state index in [4.69, 9.17) is 0 Å². The first kappa shape index (κ1) is 12.4. The Morgan fingerprint density at radius 1 is 1.00 bits per heavy atom. The van der Waals surface area contributed by atoms with Crippen LogP contribution in [0.1, 0.15) is 11.1 Å². The number of hydrogen-bond acceptors (Lipinski definition) is 2. The van der Waals surface area contributed by atoms with Gasteiger partial charge in [0.25, 0.3) is 0 Å². The summed E-state index contributed by atoms with van der Waals surface area (Å²) in [7, 11) is 0. The third-order valence-electron chi connectivity index (χ3n) is 3.25. The average Bonchev–Trinajstić information content (AvgIpc) is 2.89. The lowest BCUT2D eigenvalue weighted by atomic mass is 10.1. The Balaban J connectivity index is 1.80. The lowest BCUT2D eigenvalue weighted by Crippen LogP contribution is -2.27. The summed E-state index contributed by atoms with van der Waals surface area (Å²) in [4.78, 5) is 6.99. The fourth-order valence-corrected chi connectivity index (χ4v) is 2.58. The molecule has 0 saturated carbocycles. The van der Waals surface area contributed by atoms with Gasteiger partial charge in [0, 0.05) is 23.1 Å². The maximum absolute atomic E-state index is 4.64. The molecule has 1 heterocycles. The Bertz CT molecular complexity index is 575. The van der Waals surface area contributed by atoms with Gasteiger partial charge in [-0.05, 0) is 17.7 Å². The zero-order valence-corrected chi connectivity index (χ0v) is 12.2. The highest BCUT2D eigenvalue weighted by Gasteiger charge is 2.18. The van der Waals surface area contributed by atoms with Crippen LogP contribution in [0, 0.1) is 0 Å². The predicted molar refractivity (Wildman–Crippen MR) is 82.4 cm³/mol. The zero-order valence-electron chi connectivity index (χ0n) is 10.6. The van der Waals surface area contributed by atoms with Crippen molar-refractivity contribution >= 4 is 21.8 Å². The molecule has 2 nitrogen and oxygen atoms in total. The van der Waals surface area contributed by atoms with Crippen molar-refractivity contribution in [3.8, 4) is 0 Å². The second-order valence-electron chi connectivity index (χ2n) is 4.62. The van der Waals surface area contributed by atoms with E-state index in [0.29, 0.717) is 0 Å². The second kappa shape index (κ2) is 5.57. The van der Waals surface area contributed by atoms with Crippen molar-refractivity contribution in [2.75, 3.05) is 13.1 Å². The van der Waals surface area contributed by atoms with Gasteiger partial charge in [-0.25, -0.2) is 0 Å². The minimum atomic E-state index is 0.887. The van der Waals surface area contributed by atoms with Crippen molar-refractivity contribution in [3.63, 3.8) is 0 Å². The summed E-state index contributed by atoms with van der Waals surface area (Å²) in [6.45, 7) is 2.81. The Labute approximate surface area is 121 Å². The van der Waals surface area contributed by atoms with Crippen LogP contribution < -0.4 is 0 Å². The van der Waals surface area contributed by atoms with Gasteiger partial charge in [-0.2, -0.15) is 0 Å². The highest BCUT2D eigenvalue weighted by Crippen LogP contribution is 2.17. The maximum Gasteiger partial charge on any atom is 0.131 e. The highest BCUT2D eigenvalue weighted by atomic mass is 79.9. The molecular weight excluding hydrogens is 300 g/mol. The number of hydrogen-bond donors (Lipinski definition) is 0. The van der Waals surface area contributed by atoms with E-state index in [2.05, 4.69) is 80.4 Å². The number of nitrogens with zero attached hydrogens (tertiary/aromatic N) is 2. The minimum absolute atomic E-state index is 0.887. The molecule has 1 aliphatic heterocycles. The largest absolute Gasteiger partial charge is 0.350 e. The molecule has 96 valence electrons. The Kier molecular flexibility index (Phi) is 3.65. The summed E-state index contributed by atoms with van der Waals surface area (Å²) in [5.41, 5.74) is 2.52. The van der Waals surface area contributed by atoms with E-state index in [-0.39, 0.29) is 0 Å². The molecule has 0 amide bonds. The molecule has 0 aliphatic carbocycles. The molecule has 2 aromatic carbocycles. The SMILES string of the molecule is Brc1ccc(C2=NCCN2Cc2ccccc2)cc1. The van der Waals surface area contributed by atoms with Crippen molar-refractivity contribution in [2.24, 2.45) is 4.99 Å². The molecular formula is C16H15BrN2. The molecule has 0 aromatic heterocycles. The van der Waals surface area contributed by atoms with Crippen LogP contribution in [0.5, 0.6) is 0 Å². The van der Waals surface area contributed by atoms with E-state index in [1.54, 1.807) is 0 Å². The van der Waals surface area contributed by atoms with Crippen molar-refractivity contribution in [1.82, 2.24) is 4.90 Å². The summed E-state index contributed by atoms with van der Waals surface area (Å²) >= 11 is 3.47. The molecule has 0 unspecified atom stereocenters. The van der Waals surface area contributed by atoms with Gasteiger partial charge < -0.3 is 4.90 Å². The summed E-state index contributed by atoms with van der Waals surface area (Å²) < 4.78 is 1.10. The number of halogens is 1. The summed E-state index contributed by atoms with van der Waals surface area (Å²) in [6.07, 6.45) is 0. The van der Waals surface area contributed by atoms with Crippen molar-refractivity contribution in [3.05, 3.63) is 70.2 Å². The van der Waals surface area contributed by atoms with E-state index in [1.807, 2.05) is 0 Å². The number of amidine groups is 1. The molecule has 1 aliphatic rings. The minimum Gasteiger partial charge on any atom is -0.350 e. The predicted octanol–water partition coefficient (Wildman–Crippen LogP) is 3.71. The molecule has 0 radical (unpaired) electrons. The smallest absolute Gasteiger partial charge is 0.131 e. The van der Waals surface area contributed by atoms with E-state index < -0.39 is 0 Å². The van der Waals surface area contributed by atoms with Crippen LogP contribution in [0.2, 0.25) is 0 Å². The van der Waals surface area contributed by atoms with Crippen molar-refractivity contribution < 1.29 is 0 Å². The van der Waals surface area contributed by atoms with Gasteiger partial charge in [-0.3, -0.25) is 4.99 Å². The Hall–Kier alpha value is -1.61. The maximum atomic E-state index is 4.64. The first-order chi connectivity index (χ1) is 9.33. The lowest BCUT2D eigenvalue weighted by molar-refractivity contribution is 0.453. The Morgan fingerprint density at radius 3 is 2.47 bits per heavy atom. The van der Waals surface area contributed by atoms with E-state index in [9.17, 15) is 0 Å². The summed E-state index contributed by atoms with van der Waals surface area (Å²) in [6, 6.07) is 18.9. The van der Waals surface area contributed by atoms with E-state index >= 15 is 0 Å². The Morgan fingerprint density at radius 2 is 1.74 bits per heavy atom. The molecule has 0 spiro atoms. The standard InChI is InChI=1S/C16H15BrN2/c17-15-8-6-14(7-9-15)16-18-10-11-19(16)12-13-4-2-1-3-5-13/h1-9H,10-12H2. The number of rotatable bonds is 3. The molecule has 2 aromatic rings. The van der Waals surface area contributed by atoms with Gasteiger partial charge in [0.2, 0.25) is 0 Å². The number of benzene rings is 2. The van der Waals surface area contributed by atoms with Gasteiger partial charge in [0.1, 0.15) is 5.84 Å². The summed E-state index contributed by atoms with van der Waals surface area (Å²) in [5.74, 6) is 1.11. The molecule has 0 bridgehead atoms. The van der Waals surface area contributed by atoms with Crippen LogP contribution in [-0.2, 0) is 6.54 Å². The molecule has 0 atom stereocenters. The third kappa shape index (κ3) is 2.87. The van der Waals surface area contributed by atoms with Crippen LogP contribution in [0.4, 0.5) is 0 Å². The normalized spacial score (nSPS) is 14.6. The van der Waals surface area contributed by atoms with Crippen LogP contribution in [0.15, 0.2) is 64.1 Å². The summed E-state index contributed by atoms with van der Waals surface area (Å²) in [5, 5.41) is 0. The monoisotopic (exact) mass is 314 g/mol. The fourth-order valence-electron chi connectivity index (χ4n) is 2.31. The van der Waals surface area contributed by atoms with Gasteiger partial charge in [-0.1, -0.05) is 58.4 Å². The zero-order chi connectivity index (χ0) is 13.1. The highest BCUT2D eigenvalue weighted by molar-refractivity contribution is 9.10. The van der Waals surface area contributed by atoms with Gasteiger partial charge in [-0.15, -0.1) is 0 Å². The van der Waals surface area contributed by atoms with Gasteiger partial charge >= 0.3 is 0 Å². The second-order valence-corrected chi connectivity index (χ2v) is 5.54. The van der Waals surface area contributed by atoms with Crippen molar-refractivity contribution in [2.45, 2.75) is 6.54 Å². The molecule has 3 rings (SSSR count). The van der Waals surface area contributed by atoms with E-state index in [1.165, 1.54) is 11.1 Å². The van der Waals surface area contributed by atoms with Crippen LogP contribution in [0.3, 0.4) is 0 Å². The van der Waals surface area contributed by atoms with E-state index in [0.717, 1.165) is 29.9 Å². The van der Waals surface area contributed by atoms with Crippen molar-refractivity contribution in [1.29, 1.82) is 0 Å². The quantitative estimate of drug-likeness (QED) is 0.843. The number of aliphatic imine (C=N–C) groups is 1. The van der Waals surface area contributed by atoms with Gasteiger partial charge in [0.05, 0.1) is 6.54 Å². The van der Waals surface area contributed by atoms with Crippen LogP contribution >= 0.6 is 15.9 Å². The van der Waals surface area contributed by atoms with Crippen LogP contribution in [-0.4, -0.2) is 23.8 Å². The molecule has 0 saturated heterocycles. The first-order valence-electron chi connectivity index (χ1n) is 6.42. The lowest BCUT2D eigenvalue weighted by Gasteiger charge is -2.20. The molecule has 0 N–H and O–H groups in total. The molecule has 19 heavy (non-hydrogen) atoms. The van der Waals surface area contributed by atoms with Gasteiger partial charge in [0.15, 0.2) is 0 Å². The average molecular weight is 315 g/mol. The first-order valence-corrected chi connectivity index (χ1v) is 7.21. The fraction of sp³-hybridized carbons (Fsp3) is 0.188. The third-order valence-corrected chi connectivity index (χ3v) is 3.78. The van der Waals surface area contributed by atoms with Crippen LogP contribution in [0.25, 0.3) is 0 Å². The molecule has 0 fully saturated rings.